The smallest absolute Gasteiger partial charge is 0.150 e. The summed E-state index contributed by atoms with van der Waals surface area (Å²) in [6.45, 7) is 4.41. The van der Waals surface area contributed by atoms with Gasteiger partial charge in [0.25, 0.3) is 0 Å². The fourth-order valence-corrected chi connectivity index (χ4v) is 5.86. The van der Waals surface area contributed by atoms with Crippen molar-refractivity contribution in [3.05, 3.63) is 0 Å². The van der Waals surface area contributed by atoms with Gasteiger partial charge in [-0.25, -0.2) is 8.42 Å². The number of sulfone groups is 1. The molecule has 0 aromatic carbocycles. The Morgan fingerprint density at radius 3 is 1.38 bits per heavy atom. The lowest BCUT2D eigenvalue weighted by atomic mass is 10.1. The van der Waals surface area contributed by atoms with E-state index in [1.165, 1.54) is 51.4 Å². The molecule has 0 aromatic heterocycles. The summed E-state index contributed by atoms with van der Waals surface area (Å²) in [6.07, 6.45) is 16.6. The molecule has 0 N–H and O–H groups in total. The van der Waals surface area contributed by atoms with Crippen LogP contribution < -0.4 is 0 Å². The first-order valence-electron chi connectivity index (χ1n) is 11.1. The van der Waals surface area contributed by atoms with Crippen molar-refractivity contribution in [1.29, 1.82) is 0 Å². The minimum Gasteiger partial charge on any atom is -0.616 e. The molecule has 158 valence electrons. The Morgan fingerprint density at radius 2 is 0.923 bits per heavy atom. The molecule has 3 nitrogen and oxygen atoms in total. The maximum absolute atomic E-state index is 12.0. The van der Waals surface area contributed by atoms with E-state index in [9.17, 15) is 13.0 Å². The highest BCUT2D eigenvalue weighted by Crippen LogP contribution is 2.10. The number of rotatable bonds is 20. The van der Waals surface area contributed by atoms with Gasteiger partial charge >= 0.3 is 0 Å². The molecule has 0 radical (unpaired) electrons. The Bertz CT molecular complexity index is 383. The minimum absolute atomic E-state index is 0.312. The molecule has 0 amide bonds. The van der Waals surface area contributed by atoms with Crippen molar-refractivity contribution < 1.29 is 13.0 Å². The van der Waals surface area contributed by atoms with Crippen LogP contribution in [0.25, 0.3) is 0 Å². The molecule has 5 heteroatoms. The molecule has 0 rings (SSSR count). The Hall–Kier alpha value is 0.260. The normalized spacial score (nSPS) is 13.2. The molecule has 0 aliphatic heterocycles. The zero-order valence-corrected chi connectivity index (χ0v) is 19.1. The zero-order valence-electron chi connectivity index (χ0n) is 17.5. The molecule has 0 spiro atoms. The summed E-state index contributed by atoms with van der Waals surface area (Å²) >= 11 is -0.710. The van der Waals surface area contributed by atoms with Gasteiger partial charge in [-0.3, -0.25) is 0 Å². The molecule has 1 atom stereocenters. The maximum atomic E-state index is 12.0. The molecule has 0 aliphatic rings. The highest BCUT2D eigenvalue weighted by Gasteiger charge is 2.11. The van der Waals surface area contributed by atoms with Crippen molar-refractivity contribution in [3.63, 3.8) is 0 Å². The minimum atomic E-state index is -2.88. The van der Waals surface area contributed by atoms with Gasteiger partial charge in [0.05, 0.1) is 11.5 Å². The first-order chi connectivity index (χ1) is 12.5. The SMILES string of the molecule is CCCCCCCC[S+]([O-])CCCCCS(=O)(=O)CCCCCCCC. The average molecular weight is 409 g/mol. The molecule has 0 bridgehead atoms. The highest BCUT2D eigenvalue weighted by atomic mass is 32.2. The fraction of sp³-hybridized carbons (Fsp3) is 1.00. The summed E-state index contributed by atoms with van der Waals surface area (Å²) in [6, 6.07) is 0. The lowest BCUT2D eigenvalue weighted by Crippen LogP contribution is -2.13. The van der Waals surface area contributed by atoms with Crippen LogP contribution in [0.1, 0.15) is 110 Å². The summed E-state index contributed by atoms with van der Waals surface area (Å²) in [5.74, 6) is 2.23. The van der Waals surface area contributed by atoms with E-state index >= 15 is 0 Å². The third kappa shape index (κ3) is 19.0. The third-order valence-electron chi connectivity index (χ3n) is 4.86. The van der Waals surface area contributed by atoms with Gasteiger partial charge in [-0.15, -0.1) is 0 Å². The first kappa shape index (κ1) is 26.3. The van der Waals surface area contributed by atoms with E-state index in [0.717, 1.165) is 56.5 Å². The van der Waals surface area contributed by atoms with E-state index < -0.39 is 21.0 Å². The van der Waals surface area contributed by atoms with Crippen LogP contribution in [0.3, 0.4) is 0 Å². The Kier molecular flexibility index (Phi) is 18.8. The molecule has 0 aromatic rings. The monoisotopic (exact) mass is 408 g/mol. The van der Waals surface area contributed by atoms with Gasteiger partial charge in [0.1, 0.15) is 21.3 Å². The molecule has 0 aliphatic carbocycles. The van der Waals surface area contributed by atoms with Crippen LogP contribution in [-0.4, -0.2) is 36.0 Å². The van der Waals surface area contributed by atoms with E-state index in [2.05, 4.69) is 13.8 Å². The Balaban J connectivity index is 3.48. The highest BCUT2D eigenvalue weighted by molar-refractivity contribution is 7.91. The average Bonchev–Trinajstić information content (AvgIpc) is 2.60. The van der Waals surface area contributed by atoms with Crippen LogP contribution in [0.15, 0.2) is 0 Å². The summed E-state index contributed by atoms with van der Waals surface area (Å²) < 4.78 is 35.9. The molecule has 0 fully saturated rings. The van der Waals surface area contributed by atoms with E-state index in [1.54, 1.807) is 0 Å². The molecule has 26 heavy (non-hydrogen) atoms. The van der Waals surface area contributed by atoms with Crippen molar-refractivity contribution in [2.75, 3.05) is 23.0 Å². The third-order valence-corrected chi connectivity index (χ3v) is 8.17. The zero-order chi connectivity index (χ0) is 19.5. The van der Waals surface area contributed by atoms with Gasteiger partial charge in [0.2, 0.25) is 0 Å². The predicted octanol–water partition coefficient (Wildman–Crippen LogP) is 6.04. The second-order valence-electron chi connectivity index (χ2n) is 7.60. The molecular formula is C21H44O3S2. The number of unbranched alkanes of at least 4 members (excludes halogenated alkanes) is 12. The molecular weight excluding hydrogens is 364 g/mol. The van der Waals surface area contributed by atoms with Crippen molar-refractivity contribution >= 4 is 21.0 Å². The molecule has 0 heterocycles. The summed E-state index contributed by atoms with van der Waals surface area (Å²) in [7, 11) is -2.88. The Labute approximate surface area is 167 Å². The maximum Gasteiger partial charge on any atom is 0.150 e. The van der Waals surface area contributed by atoms with Crippen molar-refractivity contribution in [3.8, 4) is 0 Å². The van der Waals surface area contributed by atoms with E-state index in [4.69, 9.17) is 0 Å². The standard InChI is InChI=1S/C21H44O3S2/c1-3-5-7-9-11-14-18-25(22)19-15-13-17-21-26(23,24)20-16-12-10-8-6-4-2/h3-21H2,1-2H3. The van der Waals surface area contributed by atoms with Crippen LogP contribution in [0.5, 0.6) is 0 Å². The predicted molar refractivity (Wildman–Crippen MR) is 117 cm³/mol. The molecule has 0 saturated carbocycles. The molecule has 0 saturated heterocycles. The van der Waals surface area contributed by atoms with E-state index in [1.807, 2.05) is 0 Å². The van der Waals surface area contributed by atoms with Gasteiger partial charge in [0, 0.05) is 0 Å². The van der Waals surface area contributed by atoms with Crippen LogP contribution in [-0.2, 0) is 21.0 Å². The Morgan fingerprint density at radius 1 is 0.577 bits per heavy atom. The quantitative estimate of drug-likeness (QED) is 0.182. The van der Waals surface area contributed by atoms with Crippen LogP contribution in [0.2, 0.25) is 0 Å². The van der Waals surface area contributed by atoms with Crippen molar-refractivity contribution in [1.82, 2.24) is 0 Å². The number of hydrogen-bond donors (Lipinski definition) is 0. The summed E-state index contributed by atoms with van der Waals surface area (Å²) in [4.78, 5) is 0. The van der Waals surface area contributed by atoms with Gasteiger partial charge < -0.3 is 4.55 Å². The van der Waals surface area contributed by atoms with Crippen molar-refractivity contribution in [2.45, 2.75) is 110 Å². The van der Waals surface area contributed by atoms with Crippen LogP contribution in [0, 0.1) is 0 Å². The largest absolute Gasteiger partial charge is 0.616 e. The van der Waals surface area contributed by atoms with E-state index in [0.29, 0.717) is 11.5 Å². The molecule has 1 unspecified atom stereocenters. The van der Waals surface area contributed by atoms with Gasteiger partial charge in [-0.1, -0.05) is 82.8 Å². The lowest BCUT2D eigenvalue weighted by Gasteiger charge is -2.11. The first-order valence-corrected chi connectivity index (χ1v) is 14.4. The summed E-state index contributed by atoms with van der Waals surface area (Å²) in [5, 5.41) is 0. The van der Waals surface area contributed by atoms with Gasteiger partial charge in [-0.05, 0) is 38.5 Å². The van der Waals surface area contributed by atoms with Gasteiger partial charge in [0.15, 0.2) is 0 Å². The lowest BCUT2D eigenvalue weighted by molar-refractivity contribution is 0.575. The fourth-order valence-electron chi connectivity index (χ4n) is 3.11. The summed E-state index contributed by atoms with van der Waals surface area (Å²) in [5.41, 5.74) is 0. The van der Waals surface area contributed by atoms with Gasteiger partial charge in [-0.2, -0.15) is 0 Å². The topological polar surface area (TPSA) is 57.2 Å². The second-order valence-corrected chi connectivity index (χ2v) is 11.6. The second kappa shape index (κ2) is 18.6. The van der Waals surface area contributed by atoms with Crippen LogP contribution >= 0.6 is 0 Å². The van der Waals surface area contributed by atoms with Crippen LogP contribution in [0.4, 0.5) is 0 Å². The number of hydrogen-bond acceptors (Lipinski definition) is 3. The van der Waals surface area contributed by atoms with E-state index in [-0.39, 0.29) is 0 Å². The van der Waals surface area contributed by atoms with Crippen molar-refractivity contribution in [2.24, 2.45) is 0 Å².